The molecule has 0 saturated carbocycles. The first kappa shape index (κ1) is 17.2. The largest absolute Gasteiger partial charge is 0.315 e. The fraction of sp³-hybridized carbons (Fsp3) is 0.455. The number of sulfonamides is 1. The molecule has 0 bridgehead atoms. The predicted octanol–water partition coefficient (Wildman–Crippen LogP) is 2.51. The van der Waals surface area contributed by atoms with Gasteiger partial charge in [-0.15, -0.1) is 12.4 Å². The first-order valence-corrected chi connectivity index (χ1v) is 8.18. The smallest absolute Gasteiger partial charge is 0.245 e. The Morgan fingerprint density at radius 1 is 1.47 bits per heavy atom. The minimum absolute atomic E-state index is 0. The summed E-state index contributed by atoms with van der Waals surface area (Å²) < 4.78 is 27.0. The number of halogens is 3. The Kier molecular flexibility index (Phi) is 6.10. The minimum Gasteiger partial charge on any atom is -0.315 e. The number of hydrogen-bond acceptors (Lipinski definition) is 3. The molecule has 1 atom stereocenters. The summed E-state index contributed by atoms with van der Waals surface area (Å²) in [7, 11) is -1.97. The molecular weight excluding hydrogens is 375 g/mol. The lowest BCUT2D eigenvalue weighted by atomic mass is 10.3. The van der Waals surface area contributed by atoms with Crippen LogP contribution in [0, 0.1) is 0 Å². The Bertz CT molecular complexity index is 527. The molecule has 0 amide bonds. The van der Waals surface area contributed by atoms with Gasteiger partial charge in [-0.2, -0.15) is 4.31 Å². The van der Waals surface area contributed by atoms with E-state index in [9.17, 15) is 8.42 Å². The second-order valence-electron chi connectivity index (χ2n) is 4.22. The zero-order valence-corrected chi connectivity index (χ0v) is 14.2. The van der Waals surface area contributed by atoms with E-state index < -0.39 is 10.0 Å². The predicted molar refractivity (Wildman–Crippen MR) is 82.6 cm³/mol. The van der Waals surface area contributed by atoms with Crippen molar-refractivity contribution in [1.29, 1.82) is 0 Å². The van der Waals surface area contributed by atoms with Gasteiger partial charge in [-0.25, -0.2) is 8.42 Å². The van der Waals surface area contributed by atoms with Crippen molar-refractivity contribution < 1.29 is 8.42 Å². The van der Waals surface area contributed by atoms with Gasteiger partial charge < -0.3 is 5.32 Å². The third-order valence-corrected chi connectivity index (χ3v) is 6.47. The molecule has 108 valence electrons. The lowest BCUT2D eigenvalue weighted by molar-refractivity contribution is 0.387. The second-order valence-corrected chi connectivity index (χ2v) is 7.41. The molecule has 19 heavy (non-hydrogen) atoms. The highest BCUT2D eigenvalue weighted by molar-refractivity contribution is 9.10. The van der Waals surface area contributed by atoms with Crippen molar-refractivity contribution in [2.75, 3.05) is 20.1 Å². The SMILES string of the molecule is CN(C1CCNC1)S(=O)(=O)c1c(Cl)cccc1Br.Cl. The molecule has 1 heterocycles. The summed E-state index contributed by atoms with van der Waals surface area (Å²) in [6.07, 6.45) is 0.817. The van der Waals surface area contributed by atoms with Crippen LogP contribution in [0.4, 0.5) is 0 Å². The van der Waals surface area contributed by atoms with E-state index in [4.69, 9.17) is 11.6 Å². The van der Waals surface area contributed by atoms with Crippen LogP contribution < -0.4 is 5.32 Å². The van der Waals surface area contributed by atoms with Gasteiger partial charge in [0, 0.05) is 24.1 Å². The molecule has 1 saturated heterocycles. The van der Waals surface area contributed by atoms with Gasteiger partial charge in [0.2, 0.25) is 10.0 Å². The lowest BCUT2D eigenvalue weighted by Crippen LogP contribution is -2.38. The van der Waals surface area contributed by atoms with Crippen LogP contribution in [0.5, 0.6) is 0 Å². The lowest BCUT2D eigenvalue weighted by Gasteiger charge is -2.24. The van der Waals surface area contributed by atoms with Crippen molar-refractivity contribution >= 4 is 50.0 Å². The number of likely N-dealkylation sites (N-methyl/N-ethyl adjacent to an activating group) is 1. The highest BCUT2D eigenvalue weighted by Crippen LogP contribution is 2.32. The molecular formula is C11H15BrCl2N2O2S. The number of rotatable bonds is 3. The summed E-state index contributed by atoms with van der Waals surface area (Å²) in [5.74, 6) is 0. The fourth-order valence-corrected chi connectivity index (χ4v) is 5.07. The first-order valence-electron chi connectivity index (χ1n) is 5.57. The van der Waals surface area contributed by atoms with Crippen LogP contribution in [0.1, 0.15) is 6.42 Å². The second kappa shape index (κ2) is 6.74. The molecule has 0 aromatic heterocycles. The number of benzene rings is 1. The Morgan fingerprint density at radius 3 is 2.68 bits per heavy atom. The quantitative estimate of drug-likeness (QED) is 0.863. The molecule has 1 fully saturated rings. The van der Waals surface area contributed by atoms with Crippen LogP contribution in [0.2, 0.25) is 5.02 Å². The van der Waals surface area contributed by atoms with E-state index in [2.05, 4.69) is 21.2 Å². The number of hydrogen-bond donors (Lipinski definition) is 1. The third kappa shape index (κ3) is 3.43. The van der Waals surface area contributed by atoms with E-state index in [0.717, 1.165) is 13.0 Å². The molecule has 0 spiro atoms. The van der Waals surface area contributed by atoms with Crippen LogP contribution in [-0.2, 0) is 10.0 Å². The minimum atomic E-state index is -3.57. The fourth-order valence-electron chi connectivity index (χ4n) is 2.02. The highest BCUT2D eigenvalue weighted by Gasteiger charge is 2.32. The Labute approximate surface area is 133 Å². The van der Waals surface area contributed by atoms with Gasteiger partial charge in [-0.1, -0.05) is 17.7 Å². The highest BCUT2D eigenvalue weighted by atomic mass is 79.9. The molecule has 1 N–H and O–H groups in total. The number of nitrogens with one attached hydrogen (secondary N) is 1. The zero-order valence-electron chi connectivity index (χ0n) is 10.3. The summed E-state index contributed by atoms with van der Waals surface area (Å²) in [6, 6.07) is 4.96. The monoisotopic (exact) mass is 388 g/mol. The summed E-state index contributed by atoms with van der Waals surface area (Å²) in [4.78, 5) is 0.140. The van der Waals surface area contributed by atoms with Crippen LogP contribution in [0.25, 0.3) is 0 Å². The van der Waals surface area contributed by atoms with Crippen LogP contribution in [0.3, 0.4) is 0 Å². The van der Waals surface area contributed by atoms with Crippen molar-refractivity contribution in [3.05, 3.63) is 27.7 Å². The van der Waals surface area contributed by atoms with E-state index in [1.54, 1.807) is 25.2 Å². The average Bonchev–Trinajstić information content (AvgIpc) is 2.80. The van der Waals surface area contributed by atoms with Gasteiger partial charge in [0.15, 0.2) is 0 Å². The maximum atomic E-state index is 12.5. The Balaban J connectivity index is 0.00000180. The molecule has 1 aromatic rings. The molecule has 8 heteroatoms. The van der Waals surface area contributed by atoms with Gasteiger partial charge in [0.05, 0.1) is 5.02 Å². The van der Waals surface area contributed by atoms with E-state index in [1.807, 2.05) is 0 Å². The molecule has 0 aliphatic carbocycles. The molecule has 1 aromatic carbocycles. The average molecular weight is 390 g/mol. The molecule has 1 aliphatic rings. The van der Waals surface area contributed by atoms with Gasteiger partial charge >= 0.3 is 0 Å². The van der Waals surface area contributed by atoms with Crippen molar-refractivity contribution in [3.8, 4) is 0 Å². The van der Waals surface area contributed by atoms with Crippen LogP contribution in [-0.4, -0.2) is 38.9 Å². The molecule has 2 rings (SSSR count). The van der Waals surface area contributed by atoms with Crippen molar-refractivity contribution in [2.24, 2.45) is 0 Å². The summed E-state index contributed by atoms with van der Waals surface area (Å²) in [5, 5.41) is 3.39. The van der Waals surface area contributed by atoms with Crippen molar-refractivity contribution in [2.45, 2.75) is 17.4 Å². The molecule has 4 nitrogen and oxygen atoms in total. The van der Waals surface area contributed by atoms with Crippen molar-refractivity contribution in [1.82, 2.24) is 9.62 Å². The van der Waals surface area contributed by atoms with E-state index >= 15 is 0 Å². The summed E-state index contributed by atoms with van der Waals surface area (Å²) >= 11 is 9.27. The van der Waals surface area contributed by atoms with E-state index in [1.165, 1.54) is 4.31 Å². The first-order chi connectivity index (χ1) is 8.44. The maximum Gasteiger partial charge on any atom is 0.245 e. The molecule has 0 radical (unpaired) electrons. The number of nitrogens with zero attached hydrogens (tertiary/aromatic N) is 1. The maximum absolute atomic E-state index is 12.5. The van der Waals surface area contributed by atoms with Crippen molar-refractivity contribution in [3.63, 3.8) is 0 Å². The Morgan fingerprint density at radius 2 is 2.16 bits per heavy atom. The molecule has 1 unspecified atom stereocenters. The standard InChI is InChI=1S/C11H14BrClN2O2S.ClH/c1-15(8-5-6-14-7-8)18(16,17)11-9(12)3-2-4-10(11)13;/h2-4,8,14H,5-7H2,1H3;1H. The summed E-state index contributed by atoms with van der Waals surface area (Å²) in [6.45, 7) is 1.52. The topological polar surface area (TPSA) is 49.4 Å². The Hall–Kier alpha value is 0.150. The van der Waals surface area contributed by atoms with Gasteiger partial charge in [0.1, 0.15) is 4.90 Å². The third-order valence-electron chi connectivity index (χ3n) is 3.10. The van der Waals surface area contributed by atoms with E-state index in [0.29, 0.717) is 11.0 Å². The van der Waals surface area contributed by atoms with Gasteiger partial charge in [-0.05, 0) is 41.0 Å². The zero-order chi connectivity index (χ0) is 13.3. The van der Waals surface area contributed by atoms with Gasteiger partial charge in [0.25, 0.3) is 0 Å². The normalized spacial score (nSPS) is 19.5. The van der Waals surface area contributed by atoms with E-state index in [-0.39, 0.29) is 28.4 Å². The van der Waals surface area contributed by atoms with Crippen LogP contribution >= 0.6 is 39.9 Å². The summed E-state index contributed by atoms with van der Waals surface area (Å²) in [5.41, 5.74) is 0. The molecule has 1 aliphatic heterocycles. The van der Waals surface area contributed by atoms with Gasteiger partial charge in [-0.3, -0.25) is 0 Å². The van der Waals surface area contributed by atoms with Crippen LogP contribution in [0.15, 0.2) is 27.6 Å².